The van der Waals surface area contributed by atoms with Gasteiger partial charge in [0.1, 0.15) is 4.90 Å². The third kappa shape index (κ3) is 3.09. The summed E-state index contributed by atoms with van der Waals surface area (Å²) in [6.45, 7) is 0.446. The van der Waals surface area contributed by atoms with Crippen molar-refractivity contribution in [2.24, 2.45) is 11.7 Å². The maximum absolute atomic E-state index is 12.5. The second kappa shape index (κ2) is 5.89. The Hall–Kier alpha value is -0.820. The Bertz CT molecular complexity index is 634. The Morgan fingerprint density at radius 1 is 1.35 bits per heavy atom. The highest BCUT2D eigenvalue weighted by Crippen LogP contribution is 2.30. The number of hydrogen-bond acceptors (Lipinski definition) is 3. The number of halogens is 2. The van der Waals surface area contributed by atoms with Crippen LogP contribution < -0.4 is 5.73 Å². The summed E-state index contributed by atoms with van der Waals surface area (Å²) in [5.74, 6) is -0.934. The maximum Gasteiger partial charge on any atom is 0.244 e. The molecule has 1 aliphatic rings. The number of rotatable bonds is 3. The fourth-order valence-electron chi connectivity index (χ4n) is 2.22. The van der Waals surface area contributed by atoms with Crippen molar-refractivity contribution in [3.63, 3.8) is 0 Å². The minimum absolute atomic E-state index is 0.00585. The summed E-state index contributed by atoms with van der Waals surface area (Å²) in [4.78, 5) is 11.2. The summed E-state index contributed by atoms with van der Waals surface area (Å²) < 4.78 is 26.3. The van der Waals surface area contributed by atoms with Gasteiger partial charge >= 0.3 is 0 Å². The van der Waals surface area contributed by atoms with Crippen molar-refractivity contribution in [3.8, 4) is 0 Å². The summed E-state index contributed by atoms with van der Waals surface area (Å²) in [5.41, 5.74) is 5.26. The van der Waals surface area contributed by atoms with Gasteiger partial charge in [-0.05, 0) is 31.0 Å². The molecule has 2 rings (SSSR count). The molecule has 8 heteroatoms. The topological polar surface area (TPSA) is 80.5 Å². The van der Waals surface area contributed by atoms with E-state index in [-0.39, 0.29) is 16.5 Å². The van der Waals surface area contributed by atoms with Crippen molar-refractivity contribution in [1.29, 1.82) is 0 Å². The molecule has 1 amide bonds. The molecule has 1 heterocycles. The molecule has 1 aromatic rings. The van der Waals surface area contributed by atoms with Crippen LogP contribution >= 0.6 is 23.2 Å². The molecule has 1 aromatic carbocycles. The summed E-state index contributed by atoms with van der Waals surface area (Å²) in [6, 6.07) is 4.22. The summed E-state index contributed by atoms with van der Waals surface area (Å²) >= 11 is 11.7. The third-order valence-electron chi connectivity index (χ3n) is 3.30. The maximum atomic E-state index is 12.5. The number of sulfonamides is 1. The largest absolute Gasteiger partial charge is 0.369 e. The van der Waals surface area contributed by atoms with Gasteiger partial charge in [-0.25, -0.2) is 8.42 Å². The number of primary amides is 1. The van der Waals surface area contributed by atoms with Gasteiger partial charge in [-0.2, -0.15) is 4.31 Å². The van der Waals surface area contributed by atoms with Gasteiger partial charge in [-0.15, -0.1) is 0 Å². The molecule has 0 radical (unpaired) electrons. The SMILES string of the molecule is NC(=O)C1CCCN(S(=O)(=O)c2ccc(Cl)cc2Cl)C1. The second-order valence-corrected chi connectivity index (χ2v) is 7.43. The lowest BCUT2D eigenvalue weighted by Gasteiger charge is -2.30. The fraction of sp³-hybridized carbons (Fsp3) is 0.417. The van der Waals surface area contributed by atoms with E-state index in [9.17, 15) is 13.2 Å². The number of carbonyl (C=O) groups excluding carboxylic acids is 1. The van der Waals surface area contributed by atoms with Crippen molar-refractivity contribution in [2.45, 2.75) is 17.7 Å². The van der Waals surface area contributed by atoms with E-state index in [1.54, 1.807) is 0 Å². The minimum atomic E-state index is -3.74. The lowest BCUT2D eigenvalue weighted by molar-refractivity contribution is -0.122. The predicted octanol–water partition coefficient (Wildman–Crippen LogP) is 1.88. The molecular weight excluding hydrogens is 323 g/mol. The molecule has 2 N–H and O–H groups in total. The Balaban J connectivity index is 2.32. The minimum Gasteiger partial charge on any atom is -0.369 e. The van der Waals surface area contributed by atoms with Crippen LogP contribution in [0.3, 0.4) is 0 Å². The average molecular weight is 337 g/mol. The van der Waals surface area contributed by atoms with Crippen molar-refractivity contribution in [1.82, 2.24) is 4.31 Å². The van der Waals surface area contributed by atoms with Crippen LogP contribution in [0.5, 0.6) is 0 Å². The zero-order valence-corrected chi connectivity index (χ0v) is 12.9. The molecule has 0 saturated carbocycles. The monoisotopic (exact) mass is 336 g/mol. The number of carbonyl (C=O) groups is 1. The average Bonchev–Trinajstić information content (AvgIpc) is 2.38. The zero-order chi connectivity index (χ0) is 14.9. The van der Waals surface area contributed by atoms with Crippen LogP contribution in [-0.2, 0) is 14.8 Å². The number of amides is 1. The van der Waals surface area contributed by atoms with Crippen LogP contribution in [0.1, 0.15) is 12.8 Å². The number of nitrogens with two attached hydrogens (primary N) is 1. The van der Waals surface area contributed by atoms with E-state index in [0.717, 1.165) is 0 Å². The first kappa shape index (κ1) is 15.6. The molecule has 0 bridgehead atoms. The summed E-state index contributed by atoms with van der Waals surface area (Å²) in [6.07, 6.45) is 1.20. The zero-order valence-electron chi connectivity index (χ0n) is 10.6. The van der Waals surface area contributed by atoms with Gasteiger partial charge in [0, 0.05) is 18.1 Å². The molecule has 1 saturated heterocycles. The Kier molecular flexibility index (Phi) is 4.59. The lowest BCUT2D eigenvalue weighted by atomic mass is 9.99. The molecule has 0 spiro atoms. The van der Waals surface area contributed by atoms with E-state index >= 15 is 0 Å². The van der Waals surface area contributed by atoms with Crippen LogP contribution in [0.15, 0.2) is 23.1 Å². The normalized spacial score (nSPS) is 20.8. The molecule has 1 fully saturated rings. The molecule has 110 valence electrons. The summed E-state index contributed by atoms with van der Waals surface area (Å²) in [5, 5.41) is 0.432. The molecule has 5 nitrogen and oxygen atoms in total. The van der Waals surface area contributed by atoms with Gasteiger partial charge in [0.15, 0.2) is 0 Å². The van der Waals surface area contributed by atoms with Crippen LogP contribution in [0.25, 0.3) is 0 Å². The fourth-order valence-corrected chi connectivity index (χ4v) is 4.49. The number of piperidine rings is 1. The van der Waals surface area contributed by atoms with Gasteiger partial charge in [0.2, 0.25) is 15.9 Å². The third-order valence-corrected chi connectivity index (χ3v) is 5.88. The quantitative estimate of drug-likeness (QED) is 0.914. The smallest absolute Gasteiger partial charge is 0.244 e. The highest BCUT2D eigenvalue weighted by atomic mass is 35.5. The van der Waals surface area contributed by atoms with E-state index in [1.165, 1.54) is 22.5 Å². The van der Waals surface area contributed by atoms with Crippen LogP contribution in [0.4, 0.5) is 0 Å². The Labute approximate surface area is 127 Å². The van der Waals surface area contributed by atoms with Gasteiger partial charge < -0.3 is 5.73 Å². The molecule has 1 aliphatic heterocycles. The van der Waals surface area contributed by atoms with Crippen LogP contribution in [0.2, 0.25) is 10.0 Å². The Morgan fingerprint density at radius 2 is 2.05 bits per heavy atom. The lowest BCUT2D eigenvalue weighted by Crippen LogP contribution is -2.44. The second-order valence-electron chi connectivity index (χ2n) is 4.68. The van der Waals surface area contributed by atoms with Crippen molar-refractivity contribution < 1.29 is 13.2 Å². The first-order valence-electron chi connectivity index (χ1n) is 6.07. The van der Waals surface area contributed by atoms with Gasteiger partial charge in [0.05, 0.1) is 10.9 Å². The highest BCUT2D eigenvalue weighted by Gasteiger charge is 2.33. The summed E-state index contributed by atoms with van der Waals surface area (Å²) in [7, 11) is -3.74. The van der Waals surface area contributed by atoms with E-state index in [1.807, 2.05) is 0 Å². The van der Waals surface area contributed by atoms with E-state index in [0.29, 0.717) is 24.4 Å². The number of nitrogens with zero attached hydrogens (tertiary/aromatic N) is 1. The molecule has 0 aliphatic carbocycles. The van der Waals surface area contributed by atoms with Crippen LogP contribution in [0, 0.1) is 5.92 Å². The molecule has 0 aromatic heterocycles. The van der Waals surface area contributed by atoms with E-state index in [4.69, 9.17) is 28.9 Å². The standard InChI is InChI=1S/C12H14Cl2N2O3S/c13-9-3-4-11(10(14)6-9)20(18,19)16-5-1-2-8(7-16)12(15)17/h3-4,6,8H,1-2,5,7H2,(H2,15,17). The first-order chi connectivity index (χ1) is 9.32. The molecule has 1 unspecified atom stereocenters. The molecular formula is C12H14Cl2N2O3S. The van der Waals surface area contributed by atoms with Gasteiger partial charge in [-0.3, -0.25) is 4.79 Å². The number of hydrogen-bond donors (Lipinski definition) is 1. The number of benzene rings is 1. The highest BCUT2D eigenvalue weighted by molar-refractivity contribution is 7.89. The predicted molar refractivity (Wildman–Crippen MR) is 77.1 cm³/mol. The molecule has 20 heavy (non-hydrogen) atoms. The first-order valence-corrected chi connectivity index (χ1v) is 8.26. The van der Waals surface area contributed by atoms with Crippen molar-refractivity contribution in [3.05, 3.63) is 28.2 Å². The van der Waals surface area contributed by atoms with E-state index < -0.39 is 21.8 Å². The Morgan fingerprint density at radius 3 is 2.65 bits per heavy atom. The van der Waals surface area contributed by atoms with Crippen LogP contribution in [-0.4, -0.2) is 31.7 Å². The van der Waals surface area contributed by atoms with Crippen molar-refractivity contribution in [2.75, 3.05) is 13.1 Å². The van der Waals surface area contributed by atoms with Gasteiger partial charge in [-0.1, -0.05) is 23.2 Å². The van der Waals surface area contributed by atoms with Gasteiger partial charge in [0.25, 0.3) is 0 Å². The van der Waals surface area contributed by atoms with E-state index in [2.05, 4.69) is 0 Å². The van der Waals surface area contributed by atoms with Crippen molar-refractivity contribution >= 4 is 39.1 Å². The molecule has 1 atom stereocenters.